The molecule has 0 amide bonds. The Labute approximate surface area is 201 Å². The molecule has 0 unspecified atom stereocenters. The molecule has 0 spiro atoms. The van der Waals surface area contributed by atoms with Crippen LogP contribution in [0.2, 0.25) is 0 Å². The summed E-state index contributed by atoms with van der Waals surface area (Å²) >= 11 is 0. The summed E-state index contributed by atoms with van der Waals surface area (Å²) < 4.78 is 0. The van der Waals surface area contributed by atoms with Gasteiger partial charge in [-0.3, -0.25) is 0 Å². The van der Waals surface area contributed by atoms with Crippen LogP contribution in [0.25, 0.3) is 0 Å². The Morgan fingerprint density at radius 1 is 0.406 bits per heavy atom. The van der Waals surface area contributed by atoms with E-state index < -0.39 is 0 Å². The van der Waals surface area contributed by atoms with Crippen LogP contribution in [-0.4, -0.2) is 0 Å². The van der Waals surface area contributed by atoms with Crippen LogP contribution in [0.15, 0.2) is 0 Å². The molecule has 0 aromatic carbocycles. The molecular weight excluding hydrogens is 384 g/mol. The van der Waals surface area contributed by atoms with Crippen LogP contribution in [-0.2, 0) is 0 Å². The molecule has 0 aromatic rings. The van der Waals surface area contributed by atoms with Crippen LogP contribution in [0.5, 0.6) is 0 Å². The van der Waals surface area contributed by atoms with E-state index in [2.05, 4.69) is 25.7 Å². The molecule has 0 radical (unpaired) electrons. The van der Waals surface area contributed by atoms with E-state index in [1.54, 1.807) is 0 Å². The number of hydrogen-bond donors (Lipinski definition) is 0. The van der Waals surface area contributed by atoms with Crippen molar-refractivity contribution in [1.82, 2.24) is 0 Å². The zero-order valence-electron chi connectivity index (χ0n) is 21.8. The topological polar surface area (TPSA) is 0 Å². The van der Waals surface area contributed by atoms with E-state index in [-0.39, 0.29) is 0 Å². The molecule has 4 aliphatic rings. The summed E-state index contributed by atoms with van der Waals surface area (Å²) in [4.78, 5) is 0. The molecule has 0 aromatic heterocycles. The Balaban J connectivity index is 1.12. The van der Waals surface area contributed by atoms with E-state index in [9.17, 15) is 0 Å². The van der Waals surface area contributed by atoms with Gasteiger partial charge in [-0.15, -0.1) is 0 Å². The van der Waals surface area contributed by atoms with Gasteiger partial charge in [0.25, 0.3) is 0 Å². The van der Waals surface area contributed by atoms with Crippen LogP contribution >= 0.6 is 0 Å². The molecule has 0 atom stereocenters. The summed E-state index contributed by atoms with van der Waals surface area (Å²) in [5, 5.41) is 0. The molecule has 0 heteroatoms. The summed E-state index contributed by atoms with van der Waals surface area (Å²) in [7, 11) is 0. The Hall–Kier alpha value is -0.440. The van der Waals surface area contributed by atoms with Gasteiger partial charge in [-0.05, 0) is 113 Å². The molecule has 0 saturated heterocycles. The van der Waals surface area contributed by atoms with Crippen molar-refractivity contribution in [1.29, 1.82) is 0 Å². The van der Waals surface area contributed by atoms with Crippen molar-refractivity contribution in [3.63, 3.8) is 0 Å². The minimum absolute atomic E-state index is 0.731. The van der Waals surface area contributed by atoms with Crippen LogP contribution in [0.3, 0.4) is 0 Å². The van der Waals surface area contributed by atoms with Crippen molar-refractivity contribution in [2.75, 3.05) is 0 Å². The predicted molar refractivity (Wildman–Crippen MR) is 139 cm³/mol. The average molecular weight is 439 g/mol. The van der Waals surface area contributed by atoms with Crippen molar-refractivity contribution < 1.29 is 0 Å². The third-order valence-corrected chi connectivity index (χ3v) is 10.5. The lowest BCUT2D eigenvalue weighted by Crippen LogP contribution is -2.26. The highest BCUT2D eigenvalue weighted by Gasteiger charge is 2.32. The molecule has 0 heterocycles. The normalized spacial score (nSPS) is 40.9. The van der Waals surface area contributed by atoms with E-state index >= 15 is 0 Å². The molecule has 4 fully saturated rings. The first-order valence-electron chi connectivity index (χ1n) is 15.3. The van der Waals surface area contributed by atoms with Gasteiger partial charge in [0.15, 0.2) is 0 Å². The van der Waals surface area contributed by atoms with E-state index in [0.29, 0.717) is 0 Å². The van der Waals surface area contributed by atoms with Gasteiger partial charge in [-0.25, -0.2) is 0 Å². The fourth-order valence-corrected chi connectivity index (χ4v) is 8.42. The number of rotatable bonds is 6. The summed E-state index contributed by atoms with van der Waals surface area (Å²) in [6.45, 7) is 4.72. The van der Waals surface area contributed by atoms with Gasteiger partial charge in [-0.2, -0.15) is 0 Å². The van der Waals surface area contributed by atoms with Crippen molar-refractivity contribution in [3.8, 4) is 11.8 Å². The van der Waals surface area contributed by atoms with Gasteiger partial charge >= 0.3 is 0 Å². The van der Waals surface area contributed by atoms with E-state index in [0.717, 1.165) is 47.3 Å². The second-order valence-corrected chi connectivity index (χ2v) is 12.7. The maximum absolute atomic E-state index is 3.80. The standard InChI is InChI=1S/C32H54/c1-3-5-25-9-17-29(18-10-25)31-21-13-27(14-22-31)7-8-28-15-23-32(24-16-28)30-19-11-26(6-4-2)12-20-30/h25-32H,3-6,9-24H2,1-2H3. The van der Waals surface area contributed by atoms with E-state index in [4.69, 9.17) is 0 Å². The summed E-state index contributed by atoms with van der Waals surface area (Å²) in [6.07, 6.45) is 29.6. The van der Waals surface area contributed by atoms with Gasteiger partial charge in [-0.1, -0.05) is 77.1 Å². The molecule has 4 saturated carbocycles. The summed E-state index contributed by atoms with van der Waals surface area (Å²) in [6, 6.07) is 0. The van der Waals surface area contributed by atoms with Crippen molar-refractivity contribution in [2.24, 2.45) is 47.3 Å². The first kappa shape index (κ1) is 24.7. The first-order chi connectivity index (χ1) is 15.7. The smallest absolute Gasteiger partial charge is 0.0203 e. The Morgan fingerprint density at radius 2 is 0.688 bits per heavy atom. The zero-order chi connectivity index (χ0) is 22.2. The first-order valence-corrected chi connectivity index (χ1v) is 15.3. The maximum atomic E-state index is 3.80. The van der Waals surface area contributed by atoms with Gasteiger partial charge in [0.2, 0.25) is 0 Å². The minimum atomic E-state index is 0.731. The molecule has 0 nitrogen and oxygen atoms in total. The van der Waals surface area contributed by atoms with Gasteiger partial charge in [0.05, 0.1) is 0 Å². The molecule has 182 valence electrons. The van der Waals surface area contributed by atoms with Crippen LogP contribution in [0.4, 0.5) is 0 Å². The third-order valence-electron chi connectivity index (χ3n) is 10.5. The highest BCUT2D eigenvalue weighted by molar-refractivity contribution is 5.09. The largest absolute Gasteiger partial charge is 0.0996 e. The summed E-state index contributed by atoms with van der Waals surface area (Å²) in [5.74, 6) is 15.4. The third kappa shape index (κ3) is 7.03. The fraction of sp³-hybridized carbons (Fsp3) is 0.938. The summed E-state index contributed by atoms with van der Waals surface area (Å²) in [5.41, 5.74) is 0. The Bertz CT molecular complexity index is 511. The Morgan fingerprint density at radius 3 is 0.969 bits per heavy atom. The molecule has 0 aliphatic heterocycles. The lowest BCUT2D eigenvalue weighted by Gasteiger charge is -2.37. The van der Waals surface area contributed by atoms with Gasteiger partial charge < -0.3 is 0 Å². The molecular formula is C32H54. The van der Waals surface area contributed by atoms with Gasteiger partial charge in [0.1, 0.15) is 0 Å². The molecule has 32 heavy (non-hydrogen) atoms. The maximum Gasteiger partial charge on any atom is 0.0203 e. The van der Waals surface area contributed by atoms with E-state index in [1.807, 2.05) is 0 Å². The minimum Gasteiger partial charge on any atom is -0.0996 e. The molecule has 4 rings (SSSR count). The van der Waals surface area contributed by atoms with Crippen molar-refractivity contribution in [3.05, 3.63) is 0 Å². The predicted octanol–water partition coefficient (Wildman–Crippen LogP) is 9.82. The highest BCUT2D eigenvalue weighted by atomic mass is 14.4. The lowest BCUT2D eigenvalue weighted by atomic mass is 9.68. The van der Waals surface area contributed by atoms with Crippen LogP contribution in [0.1, 0.15) is 142 Å². The number of hydrogen-bond acceptors (Lipinski definition) is 0. The van der Waals surface area contributed by atoms with Crippen molar-refractivity contribution >= 4 is 0 Å². The van der Waals surface area contributed by atoms with E-state index in [1.165, 1.54) is 128 Å². The van der Waals surface area contributed by atoms with Crippen LogP contribution < -0.4 is 0 Å². The monoisotopic (exact) mass is 438 g/mol. The highest BCUT2D eigenvalue weighted by Crippen LogP contribution is 2.43. The SMILES string of the molecule is CCCC1CCC(C2CCC(C#CC3CCC(C4CCC(CCC)CC4)CC3)CC2)CC1. The van der Waals surface area contributed by atoms with Crippen molar-refractivity contribution in [2.45, 2.75) is 142 Å². The second kappa shape index (κ2) is 12.9. The zero-order valence-corrected chi connectivity index (χ0v) is 21.8. The van der Waals surface area contributed by atoms with Gasteiger partial charge in [0, 0.05) is 11.8 Å². The molecule has 4 aliphatic carbocycles. The average Bonchev–Trinajstić information content (AvgIpc) is 2.85. The second-order valence-electron chi connectivity index (χ2n) is 12.7. The van der Waals surface area contributed by atoms with Crippen LogP contribution in [0, 0.1) is 59.2 Å². The Kier molecular flexibility index (Phi) is 9.92. The fourth-order valence-electron chi connectivity index (χ4n) is 8.42. The quantitative estimate of drug-likeness (QED) is 0.362. The lowest BCUT2D eigenvalue weighted by molar-refractivity contribution is 0.152. The molecule has 0 N–H and O–H groups in total. The molecule has 0 bridgehead atoms.